The number of fused-ring (bicyclic) bond motifs is 5. The third-order valence-corrected chi connectivity index (χ3v) is 8.18. The first kappa shape index (κ1) is 16.0. The third-order valence-electron chi connectivity index (χ3n) is 8.18. The molecule has 0 amide bonds. The van der Waals surface area contributed by atoms with Gasteiger partial charge in [-0.05, 0) is 64.0 Å². The van der Waals surface area contributed by atoms with Crippen molar-refractivity contribution >= 4 is 0 Å². The average molecular weight is 337 g/mol. The second-order valence-corrected chi connectivity index (χ2v) is 9.00. The molecular formula is C19H31NO4. The number of aliphatic hydroxyl groups is 1. The van der Waals surface area contributed by atoms with E-state index in [1.165, 1.54) is 19.3 Å². The van der Waals surface area contributed by atoms with E-state index < -0.39 is 17.5 Å². The van der Waals surface area contributed by atoms with Crippen molar-refractivity contribution in [3.63, 3.8) is 0 Å². The summed E-state index contributed by atoms with van der Waals surface area (Å²) >= 11 is 0. The maximum Gasteiger partial charge on any atom is 0.172 e. The van der Waals surface area contributed by atoms with Crippen LogP contribution in [0.2, 0.25) is 0 Å². The Morgan fingerprint density at radius 1 is 1.17 bits per heavy atom. The van der Waals surface area contributed by atoms with Gasteiger partial charge in [-0.25, -0.2) is 0 Å². The molecule has 6 bridgehead atoms. The fourth-order valence-corrected chi connectivity index (χ4v) is 6.83. The lowest BCUT2D eigenvalue weighted by Crippen LogP contribution is -2.75. The predicted octanol–water partition coefficient (Wildman–Crippen LogP) is 1.98. The fraction of sp³-hybridized carbons (Fsp3) is 1.00. The topological polar surface area (TPSA) is 51.2 Å². The maximum absolute atomic E-state index is 11.2. The largest absolute Gasteiger partial charge is 0.390 e. The number of hydrogen-bond donors (Lipinski definition) is 1. The number of piperidine rings is 1. The number of aliphatic hydroxyl groups excluding tert-OH is 1. The van der Waals surface area contributed by atoms with Crippen LogP contribution in [0.15, 0.2) is 0 Å². The van der Waals surface area contributed by atoms with Gasteiger partial charge in [0.2, 0.25) is 0 Å². The van der Waals surface area contributed by atoms with E-state index in [9.17, 15) is 5.11 Å². The van der Waals surface area contributed by atoms with Crippen LogP contribution in [0.3, 0.4) is 0 Å². The van der Waals surface area contributed by atoms with Gasteiger partial charge >= 0.3 is 0 Å². The van der Waals surface area contributed by atoms with E-state index >= 15 is 0 Å². The van der Waals surface area contributed by atoms with E-state index in [-0.39, 0.29) is 18.1 Å². The molecule has 0 spiro atoms. The Balaban J connectivity index is 1.60. The van der Waals surface area contributed by atoms with Gasteiger partial charge in [0.25, 0.3) is 0 Å². The monoisotopic (exact) mass is 337 g/mol. The van der Waals surface area contributed by atoms with E-state index in [0.29, 0.717) is 12.0 Å². The van der Waals surface area contributed by atoms with Crippen LogP contribution in [0.5, 0.6) is 0 Å². The Morgan fingerprint density at radius 2 is 1.92 bits per heavy atom. The number of nitrogens with zero attached hydrogens (tertiary/aromatic N) is 1. The SMILES string of the molecule is COC1OC2(C)OC3(C4CCC5CCN4CC5)C1C(C[C@H]3O)C2C. The van der Waals surface area contributed by atoms with Crippen LogP contribution >= 0.6 is 0 Å². The summed E-state index contributed by atoms with van der Waals surface area (Å²) in [5, 5.41) is 11.2. The lowest BCUT2D eigenvalue weighted by Gasteiger charge is -2.63. The summed E-state index contributed by atoms with van der Waals surface area (Å²) in [5.74, 6) is 1.05. The molecular weight excluding hydrogens is 306 g/mol. The minimum absolute atomic E-state index is 0.136. The predicted molar refractivity (Wildman–Crippen MR) is 88.2 cm³/mol. The van der Waals surface area contributed by atoms with Gasteiger partial charge < -0.3 is 19.3 Å². The van der Waals surface area contributed by atoms with Crippen LogP contribution in [0.4, 0.5) is 0 Å². The summed E-state index contributed by atoms with van der Waals surface area (Å²) in [6, 6.07) is 0.295. The van der Waals surface area contributed by atoms with Gasteiger partial charge in [-0.1, -0.05) is 6.92 Å². The Bertz CT molecular complexity index is 521. The minimum Gasteiger partial charge on any atom is -0.390 e. The Kier molecular flexibility index (Phi) is 3.45. The number of methoxy groups -OCH3 is 1. The normalized spacial score (nSPS) is 62.0. The van der Waals surface area contributed by atoms with Gasteiger partial charge in [0.1, 0.15) is 5.60 Å². The summed E-state index contributed by atoms with van der Waals surface area (Å²) in [6.07, 6.45) is 5.14. The summed E-state index contributed by atoms with van der Waals surface area (Å²) in [7, 11) is 1.73. The smallest absolute Gasteiger partial charge is 0.172 e. The van der Waals surface area contributed by atoms with Crippen molar-refractivity contribution in [2.45, 2.75) is 75.8 Å². The van der Waals surface area contributed by atoms with Crippen molar-refractivity contribution in [2.24, 2.45) is 23.7 Å². The van der Waals surface area contributed by atoms with Gasteiger partial charge in [-0.3, -0.25) is 4.90 Å². The summed E-state index contributed by atoms with van der Waals surface area (Å²) in [4.78, 5) is 2.61. The lowest BCUT2D eigenvalue weighted by atomic mass is 9.67. The third kappa shape index (κ3) is 1.83. The first-order valence-electron chi connectivity index (χ1n) is 9.82. The van der Waals surface area contributed by atoms with E-state index in [1.807, 2.05) is 0 Å². The molecule has 0 aromatic heterocycles. The fourth-order valence-electron chi connectivity index (χ4n) is 6.83. The quantitative estimate of drug-likeness (QED) is 0.835. The Morgan fingerprint density at radius 3 is 2.62 bits per heavy atom. The standard InChI is InChI=1S/C19H31NO4/c1-11-13-10-15(21)19(14-5-4-12-6-8-20(14)9-7-12)16(13)17(22-3)23-18(11,2)24-19/h11-17,21H,4-10H2,1-3H3/t11?,13?,14?,15-,16?,17?,18?,19?/m1/s1. The van der Waals surface area contributed by atoms with Crippen LogP contribution in [-0.4, -0.2) is 60.0 Å². The highest BCUT2D eigenvalue weighted by molar-refractivity contribution is 5.20. The molecule has 7 aliphatic rings. The molecule has 7 fully saturated rings. The molecule has 7 rings (SSSR count). The molecule has 7 unspecified atom stereocenters. The van der Waals surface area contributed by atoms with Gasteiger partial charge in [0.05, 0.1) is 6.10 Å². The highest BCUT2D eigenvalue weighted by Crippen LogP contribution is 2.64. The van der Waals surface area contributed by atoms with Crippen molar-refractivity contribution in [3.8, 4) is 0 Å². The van der Waals surface area contributed by atoms with Gasteiger partial charge in [0, 0.05) is 25.0 Å². The maximum atomic E-state index is 11.2. The highest BCUT2D eigenvalue weighted by atomic mass is 16.8. The summed E-state index contributed by atoms with van der Waals surface area (Å²) < 4.78 is 18.7. The molecule has 6 aliphatic heterocycles. The summed E-state index contributed by atoms with van der Waals surface area (Å²) in [5.41, 5.74) is -0.524. The summed E-state index contributed by atoms with van der Waals surface area (Å²) in [6.45, 7) is 6.57. The molecule has 0 aromatic rings. The van der Waals surface area contributed by atoms with Gasteiger partial charge in [-0.2, -0.15) is 0 Å². The minimum atomic E-state index is -0.650. The van der Waals surface area contributed by atoms with Crippen molar-refractivity contribution in [1.29, 1.82) is 0 Å². The molecule has 0 aromatic carbocycles. The Labute approximate surface area is 144 Å². The number of ether oxygens (including phenoxy) is 3. The van der Waals surface area contributed by atoms with Crippen molar-refractivity contribution in [2.75, 3.05) is 20.2 Å². The zero-order chi connectivity index (χ0) is 16.7. The van der Waals surface area contributed by atoms with E-state index in [1.54, 1.807) is 7.11 Å². The molecule has 5 nitrogen and oxygen atoms in total. The second kappa shape index (κ2) is 5.17. The van der Waals surface area contributed by atoms with Crippen molar-refractivity contribution in [3.05, 3.63) is 0 Å². The number of hydrogen-bond acceptors (Lipinski definition) is 5. The first-order valence-corrected chi connectivity index (χ1v) is 9.82. The molecule has 24 heavy (non-hydrogen) atoms. The molecule has 5 heteroatoms. The van der Waals surface area contributed by atoms with Gasteiger partial charge in [-0.15, -0.1) is 0 Å². The molecule has 1 N–H and O–H groups in total. The zero-order valence-corrected chi connectivity index (χ0v) is 15.1. The zero-order valence-electron chi connectivity index (χ0n) is 15.1. The molecule has 1 saturated carbocycles. The Hall–Kier alpha value is -0.200. The molecule has 136 valence electrons. The van der Waals surface area contributed by atoms with Crippen LogP contribution in [0.1, 0.15) is 46.0 Å². The van der Waals surface area contributed by atoms with Crippen LogP contribution < -0.4 is 0 Å². The number of rotatable bonds is 2. The molecule has 0 radical (unpaired) electrons. The second-order valence-electron chi connectivity index (χ2n) is 9.00. The van der Waals surface area contributed by atoms with Gasteiger partial charge in [0.15, 0.2) is 12.1 Å². The van der Waals surface area contributed by atoms with E-state index in [4.69, 9.17) is 14.2 Å². The van der Waals surface area contributed by atoms with E-state index in [2.05, 4.69) is 18.7 Å². The highest BCUT2D eigenvalue weighted by Gasteiger charge is 2.75. The lowest BCUT2D eigenvalue weighted by molar-refractivity contribution is -0.463. The van der Waals surface area contributed by atoms with Crippen LogP contribution in [-0.2, 0) is 14.2 Å². The molecule has 6 heterocycles. The molecule has 8 atom stereocenters. The van der Waals surface area contributed by atoms with E-state index in [0.717, 1.165) is 31.8 Å². The van der Waals surface area contributed by atoms with Crippen LogP contribution in [0, 0.1) is 23.7 Å². The first-order chi connectivity index (χ1) is 11.5. The van der Waals surface area contributed by atoms with Crippen molar-refractivity contribution < 1.29 is 19.3 Å². The van der Waals surface area contributed by atoms with Crippen LogP contribution in [0.25, 0.3) is 0 Å². The molecule has 6 saturated heterocycles. The molecule has 1 aliphatic carbocycles. The average Bonchev–Trinajstić information content (AvgIpc) is 2.77. The van der Waals surface area contributed by atoms with Crippen molar-refractivity contribution in [1.82, 2.24) is 4.90 Å².